The van der Waals surface area contributed by atoms with Gasteiger partial charge in [0.2, 0.25) is 0 Å². The van der Waals surface area contributed by atoms with E-state index in [-0.39, 0.29) is 18.2 Å². The van der Waals surface area contributed by atoms with E-state index in [1.54, 1.807) is 5.57 Å². The van der Waals surface area contributed by atoms with Crippen LogP contribution >= 0.6 is 0 Å². The molecule has 144 valence electrons. The first kappa shape index (κ1) is 17.3. The second-order valence-corrected chi connectivity index (χ2v) is 10.5. The van der Waals surface area contributed by atoms with E-state index in [1.165, 1.54) is 32.1 Å². The quantitative estimate of drug-likeness (QED) is 0.549. The second-order valence-electron chi connectivity index (χ2n) is 10.5. The Labute approximate surface area is 157 Å². The van der Waals surface area contributed by atoms with Gasteiger partial charge in [-0.2, -0.15) is 0 Å². The van der Waals surface area contributed by atoms with Crippen LogP contribution in [0.4, 0.5) is 0 Å². The summed E-state index contributed by atoms with van der Waals surface area (Å²) < 4.78 is 5.73. The molecule has 0 aromatic heterocycles. The number of ether oxygens (including phenoxy) is 1. The summed E-state index contributed by atoms with van der Waals surface area (Å²) in [4.78, 5) is 11.7. The van der Waals surface area contributed by atoms with Gasteiger partial charge in [0.15, 0.2) is 0 Å². The summed E-state index contributed by atoms with van der Waals surface area (Å²) in [5.74, 6) is 2.96. The highest BCUT2D eigenvalue weighted by Crippen LogP contribution is 2.67. The maximum absolute atomic E-state index is 11.7. The molecule has 3 nitrogen and oxygen atoms in total. The predicted molar refractivity (Wildman–Crippen MR) is 100 cm³/mol. The number of rotatable bonds is 1. The third-order valence-electron chi connectivity index (χ3n) is 9.52. The lowest BCUT2D eigenvalue weighted by molar-refractivity contribution is -0.146. The first-order valence-electron chi connectivity index (χ1n) is 11.0. The lowest BCUT2D eigenvalue weighted by Gasteiger charge is -2.58. The summed E-state index contributed by atoms with van der Waals surface area (Å²) >= 11 is 0. The maximum atomic E-state index is 11.7. The van der Waals surface area contributed by atoms with Gasteiger partial charge in [-0.3, -0.25) is 4.79 Å². The van der Waals surface area contributed by atoms with Gasteiger partial charge in [0.05, 0.1) is 6.10 Å². The number of aliphatic hydroxyl groups is 1. The van der Waals surface area contributed by atoms with Crippen molar-refractivity contribution in [2.75, 3.05) is 0 Å². The standard InChI is InChI=1S/C23H34O3/c1-22-11-9-15(24)13-14(22)3-4-16-17-5-6-19(20-7-8-21(25)26-20)23(17,2)12-10-18(16)22/h3,15-20,24H,4-13H2,1-2H3. The van der Waals surface area contributed by atoms with Gasteiger partial charge in [0.1, 0.15) is 6.10 Å². The van der Waals surface area contributed by atoms with Crippen molar-refractivity contribution in [3.8, 4) is 0 Å². The van der Waals surface area contributed by atoms with Crippen LogP contribution in [0.5, 0.6) is 0 Å². The van der Waals surface area contributed by atoms with Gasteiger partial charge in [-0.15, -0.1) is 0 Å². The molecule has 5 aliphatic rings. The molecule has 26 heavy (non-hydrogen) atoms. The Kier molecular flexibility index (Phi) is 3.88. The van der Waals surface area contributed by atoms with Crippen molar-refractivity contribution < 1.29 is 14.6 Å². The van der Waals surface area contributed by atoms with Crippen LogP contribution in [-0.2, 0) is 9.53 Å². The van der Waals surface area contributed by atoms with E-state index in [2.05, 4.69) is 19.9 Å². The van der Waals surface area contributed by atoms with Crippen molar-refractivity contribution in [3.05, 3.63) is 11.6 Å². The van der Waals surface area contributed by atoms with Gasteiger partial charge in [-0.05, 0) is 86.4 Å². The molecule has 0 amide bonds. The fourth-order valence-electron chi connectivity index (χ4n) is 8.12. The summed E-state index contributed by atoms with van der Waals surface area (Å²) in [7, 11) is 0. The van der Waals surface area contributed by atoms with Crippen LogP contribution in [0.25, 0.3) is 0 Å². The summed E-state index contributed by atoms with van der Waals surface area (Å²) in [6, 6.07) is 0. The molecule has 0 aromatic rings. The molecule has 4 fully saturated rings. The van der Waals surface area contributed by atoms with Gasteiger partial charge < -0.3 is 9.84 Å². The predicted octanol–water partition coefficient (Wildman–Crippen LogP) is 4.63. The molecule has 1 saturated heterocycles. The highest BCUT2D eigenvalue weighted by molar-refractivity contribution is 5.71. The molecular formula is C23H34O3. The van der Waals surface area contributed by atoms with Crippen molar-refractivity contribution in [3.63, 3.8) is 0 Å². The maximum Gasteiger partial charge on any atom is 0.306 e. The van der Waals surface area contributed by atoms with E-state index in [4.69, 9.17) is 4.74 Å². The van der Waals surface area contributed by atoms with Gasteiger partial charge >= 0.3 is 5.97 Å². The highest BCUT2D eigenvalue weighted by Gasteiger charge is 2.60. The Morgan fingerprint density at radius 3 is 2.62 bits per heavy atom. The van der Waals surface area contributed by atoms with Crippen LogP contribution in [0.2, 0.25) is 0 Å². The molecule has 3 heteroatoms. The fourth-order valence-corrected chi connectivity index (χ4v) is 8.12. The van der Waals surface area contributed by atoms with Crippen molar-refractivity contribution in [2.45, 2.75) is 90.3 Å². The third-order valence-corrected chi connectivity index (χ3v) is 9.52. The first-order valence-corrected chi connectivity index (χ1v) is 11.0. The average Bonchev–Trinajstić information content (AvgIpc) is 3.18. The number of carbonyl (C=O) groups is 1. The average molecular weight is 359 g/mol. The number of cyclic esters (lactones) is 1. The van der Waals surface area contributed by atoms with E-state index in [1.807, 2.05) is 0 Å². The molecule has 8 atom stereocenters. The lowest BCUT2D eigenvalue weighted by Crippen LogP contribution is -2.51. The number of carbonyl (C=O) groups excluding carboxylic acids is 1. The van der Waals surface area contributed by atoms with Crippen LogP contribution in [0, 0.1) is 34.5 Å². The Bertz CT molecular complexity index is 639. The van der Waals surface area contributed by atoms with Gasteiger partial charge in [-0.25, -0.2) is 0 Å². The van der Waals surface area contributed by atoms with E-state index in [9.17, 15) is 9.90 Å². The molecule has 3 saturated carbocycles. The molecule has 0 spiro atoms. The number of hydrogen-bond donors (Lipinski definition) is 1. The van der Waals surface area contributed by atoms with Crippen molar-refractivity contribution in [1.82, 2.24) is 0 Å². The van der Waals surface area contributed by atoms with E-state index < -0.39 is 0 Å². The molecule has 1 N–H and O–H groups in total. The first-order chi connectivity index (χ1) is 12.4. The molecule has 0 bridgehead atoms. The van der Waals surface area contributed by atoms with Crippen molar-refractivity contribution in [1.29, 1.82) is 0 Å². The Morgan fingerprint density at radius 2 is 1.85 bits per heavy atom. The fraction of sp³-hybridized carbons (Fsp3) is 0.870. The Hall–Kier alpha value is -0.830. The van der Waals surface area contributed by atoms with E-state index >= 15 is 0 Å². The molecule has 0 aromatic carbocycles. The van der Waals surface area contributed by atoms with Gasteiger partial charge in [0.25, 0.3) is 0 Å². The summed E-state index contributed by atoms with van der Waals surface area (Å²) in [5, 5.41) is 10.1. The molecule has 5 rings (SSSR count). The normalized spacial score (nSPS) is 53.3. The number of hydrogen-bond acceptors (Lipinski definition) is 3. The molecule has 0 radical (unpaired) electrons. The topological polar surface area (TPSA) is 46.5 Å². The largest absolute Gasteiger partial charge is 0.462 e. The minimum absolute atomic E-state index is 0.0225. The number of allylic oxidation sites excluding steroid dienone is 1. The smallest absolute Gasteiger partial charge is 0.306 e. The van der Waals surface area contributed by atoms with Crippen LogP contribution < -0.4 is 0 Å². The van der Waals surface area contributed by atoms with Crippen LogP contribution in [0.3, 0.4) is 0 Å². The summed E-state index contributed by atoms with van der Waals surface area (Å²) in [5.41, 5.74) is 2.23. The lowest BCUT2D eigenvalue weighted by atomic mass is 9.47. The molecule has 1 heterocycles. The zero-order valence-corrected chi connectivity index (χ0v) is 16.4. The zero-order valence-electron chi connectivity index (χ0n) is 16.4. The zero-order chi connectivity index (χ0) is 18.1. The molecule has 8 unspecified atom stereocenters. The highest BCUT2D eigenvalue weighted by atomic mass is 16.5. The van der Waals surface area contributed by atoms with Crippen LogP contribution in [-0.4, -0.2) is 23.3 Å². The Morgan fingerprint density at radius 1 is 1.04 bits per heavy atom. The van der Waals surface area contributed by atoms with E-state index in [0.29, 0.717) is 23.2 Å². The SMILES string of the molecule is CC12CCC(O)CC1=CCC1C2CCC2(C)C(C3CCC(=O)O3)CCC12. The van der Waals surface area contributed by atoms with Crippen molar-refractivity contribution >= 4 is 5.97 Å². The number of esters is 1. The number of aliphatic hydroxyl groups excluding tert-OH is 1. The molecular weight excluding hydrogens is 324 g/mol. The minimum Gasteiger partial charge on any atom is -0.462 e. The van der Waals surface area contributed by atoms with Gasteiger partial charge in [-0.1, -0.05) is 25.5 Å². The summed E-state index contributed by atoms with van der Waals surface area (Å²) in [6.07, 6.45) is 13.6. The van der Waals surface area contributed by atoms with Gasteiger partial charge in [0, 0.05) is 12.3 Å². The number of fused-ring (bicyclic) bond motifs is 5. The van der Waals surface area contributed by atoms with Crippen LogP contribution in [0.15, 0.2) is 11.6 Å². The van der Waals surface area contributed by atoms with Crippen molar-refractivity contribution in [2.24, 2.45) is 34.5 Å². The third kappa shape index (κ3) is 2.31. The molecule has 1 aliphatic heterocycles. The van der Waals surface area contributed by atoms with E-state index in [0.717, 1.165) is 43.4 Å². The monoisotopic (exact) mass is 358 g/mol. The Balaban J connectivity index is 1.42. The summed E-state index contributed by atoms with van der Waals surface area (Å²) in [6.45, 7) is 5.01. The molecule has 4 aliphatic carbocycles. The second kappa shape index (κ2) is 5.83. The van der Waals surface area contributed by atoms with Crippen LogP contribution in [0.1, 0.15) is 78.1 Å². The minimum atomic E-state index is -0.118.